The SMILES string of the molecule is CCNCc1cc(Br)ccc1OCC(=O)N(C)C1CC1. The molecule has 0 atom stereocenters. The third-order valence-electron chi connectivity index (χ3n) is 3.43. The molecule has 1 amide bonds. The van der Waals surface area contributed by atoms with Crippen LogP contribution in [0.1, 0.15) is 25.3 Å². The van der Waals surface area contributed by atoms with Gasteiger partial charge in [-0.25, -0.2) is 0 Å². The molecule has 0 aromatic heterocycles. The molecule has 1 aromatic carbocycles. The highest BCUT2D eigenvalue weighted by Crippen LogP contribution is 2.26. The van der Waals surface area contributed by atoms with E-state index in [9.17, 15) is 4.79 Å². The van der Waals surface area contributed by atoms with Crippen molar-refractivity contribution in [1.82, 2.24) is 10.2 Å². The van der Waals surface area contributed by atoms with Gasteiger partial charge in [0.1, 0.15) is 5.75 Å². The number of nitrogens with zero attached hydrogens (tertiary/aromatic N) is 1. The molecule has 0 aliphatic heterocycles. The summed E-state index contributed by atoms with van der Waals surface area (Å²) in [6.07, 6.45) is 2.23. The number of halogens is 1. The number of nitrogens with one attached hydrogen (secondary N) is 1. The van der Waals surface area contributed by atoms with Crippen molar-refractivity contribution in [3.63, 3.8) is 0 Å². The molecule has 1 aliphatic carbocycles. The second-order valence-electron chi connectivity index (χ2n) is 5.06. The second-order valence-corrected chi connectivity index (χ2v) is 5.97. The maximum Gasteiger partial charge on any atom is 0.260 e. The molecule has 1 N–H and O–H groups in total. The summed E-state index contributed by atoms with van der Waals surface area (Å²) >= 11 is 3.46. The molecule has 5 heteroatoms. The highest BCUT2D eigenvalue weighted by Gasteiger charge is 2.29. The first-order valence-electron chi connectivity index (χ1n) is 6.99. The van der Waals surface area contributed by atoms with Crippen LogP contribution < -0.4 is 10.1 Å². The Hall–Kier alpha value is -1.07. The highest BCUT2D eigenvalue weighted by molar-refractivity contribution is 9.10. The van der Waals surface area contributed by atoms with Gasteiger partial charge >= 0.3 is 0 Å². The van der Waals surface area contributed by atoms with Crippen LogP contribution in [0.25, 0.3) is 0 Å². The number of ether oxygens (including phenoxy) is 1. The zero-order chi connectivity index (χ0) is 14.5. The van der Waals surface area contributed by atoms with Gasteiger partial charge in [0.05, 0.1) is 0 Å². The summed E-state index contributed by atoms with van der Waals surface area (Å²) in [6, 6.07) is 6.28. The molecule has 1 saturated carbocycles. The van der Waals surface area contributed by atoms with E-state index in [1.165, 1.54) is 0 Å². The van der Waals surface area contributed by atoms with Gasteiger partial charge in [0, 0.05) is 29.7 Å². The molecule has 20 heavy (non-hydrogen) atoms. The van der Waals surface area contributed by atoms with Crippen LogP contribution in [0.5, 0.6) is 5.75 Å². The van der Waals surface area contributed by atoms with E-state index < -0.39 is 0 Å². The average molecular weight is 341 g/mol. The van der Waals surface area contributed by atoms with Crippen LogP contribution >= 0.6 is 15.9 Å². The van der Waals surface area contributed by atoms with E-state index in [2.05, 4.69) is 28.2 Å². The maximum absolute atomic E-state index is 12.0. The lowest BCUT2D eigenvalue weighted by Crippen LogP contribution is -2.33. The Bertz CT molecular complexity index is 475. The Morgan fingerprint density at radius 3 is 2.90 bits per heavy atom. The first-order chi connectivity index (χ1) is 9.61. The number of rotatable bonds is 7. The van der Waals surface area contributed by atoms with E-state index in [1.807, 2.05) is 25.2 Å². The average Bonchev–Trinajstić information content (AvgIpc) is 3.27. The fraction of sp³-hybridized carbons (Fsp3) is 0.533. The van der Waals surface area contributed by atoms with E-state index in [4.69, 9.17) is 4.74 Å². The number of carbonyl (C=O) groups is 1. The molecular formula is C15H21BrN2O2. The Morgan fingerprint density at radius 1 is 1.50 bits per heavy atom. The van der Waals surface area contributed by atoms with Crippen molar-refractivity contribution < 1.29 is 9.53 Å². The summed E-state index contributed by atoms with van der Waals surface area (Å²) in [7, 11) is 1.85. The summed E-state index contributed by atoms with van der Waals surface area (Å²) < 4.78 is 6.71. The minimum absolute atomic E-state index is 0.0461. The van der Waals surface area contributed by atoms with E-state index >= 15 is 0 Å². The van der Waals surface area contributed by atoms with Crippen LogP contribution in [-0.2, 0) is 11.3 Å². The van der Waals surface area contributed by atoms with E-state index in [1.54, 1.807) is 4.90 Å². The normalized spacial score (nSPS) is 14.2. The van der Waals surface area contributed by atoms with Crippen molar-refractivity contribution in [1.29, 1.82) is 0 Å². The topological polar surface area (TPSA) is 41.6 Å². The van der Waals surface area contributed by atoms with Crippen LogP contribution in [0.3, 0.4) is 0 Å². The molecule has 1 aliphatic rings. The molecule has 1 fully saturated rings. The van der Waals surface area contributed by atoms with Crippen LogP contribution in [0.2, 0.25) is 0 Å². The first-order valence-corrected chi connectivity index (χ1v) is 7.78. The molecule has 0 spiro atoms. The van der Waals surface area contributed by atoms with E-state index in [-0.39, 0.29) is 12.5 Å². The van der Waals surface area contributed by atoms with Crippen molar-refractivity contribution in [2.24, 2.45) is 0 Å². The first kappa shape index (κ1) is 15.3. The summed E-state index contributed by atoms with van der Waals surface area (Å²) in [5.74, 6) is 0.816. The van der Waals surface area contributed by atoms with Crippen LogP contribution in [0.15, 0.2) is 22.7 Å². The van der Waals surface area contributed by atoms with Crippen molar-refractivity contribution in [3.8, 4) is 5.75 Å². The van der Waals surface area contributed by atoms with E-state index in [0.717, 1.165) is 41.7 Å². The van der Waals surface area contributed by atoms with Crippen molar-refractivity contribution in [2.45, 2.75) is 32.4 Å². The molecular weight excluding hydrogens is 320 g/mol. The quantitative estimate of drug-likeness (QED) is 0.829. The molecule has 2 rings (SSSR count). The maximum atomic E-state index is 12.0. The molecule has 0 heterocycles. The summed E-state index contributed by atoms with van der Waals surface area (Å²) in [5.41, 5.74) is 1.06. The summed E-state index contributed by atoms with van der Waals surface area (Å²) in [6.45, 7) is 3.80. The Morgan fingerprint density at radius 2 is 2.25 bits per heavy atom. The van der Waals surface area contributed by atoms with Gasteiger partial charge in [-0.2, -0.15) is 0 Å². The van der Waals surface area contributed by atoms with E-state index in [0.29, 0.717) is 6.04 Å². The largest absolute Gasteiger partial charge is 0.483 e. The van der Waals surface area contributed by atoms with Crippen molar-refractivity contribution in [2.75, 3.05) is 20.2 Å². The van der Waals surface area contributed by atoms with Gasteiger partial charge in [0.2, 0.25) is 0 Å². The standard InChI is InChI=1S/C15H21BrN2O2/c1-3-17-9-11-8-12(16)4-7-14(11)20-10-15(19)18(2)13-5-6-13/h4,7-8,13,17H,3,5-6,9-10H2,1-2H3. The zero-order valence-corrected chi connectivity index (χ0v) is 13.6. The summed E-state index contributed by atoms with van der Waals surface area (Å²) in [5, 5.41) is 3.27. The van der Waals surface area contributed by atoms with Crippen LogP contribution in [0, 0.1) is 0 Å². The Balaban J connectivity index is 1.95. The molecule has 0 unspecified atom stereocenters. The number of hydrogen-bond acceptors (Lipinski definition) is 3. The lowest BCUT2D eigenvalue weighted by atomic mass is 10.2. The van der Waals surface area contributed by atoms with Gasteiger partial charge in [-0.3, -0.25) is 4.79 Å². The fourth-order valence-electron chi connectivity index (χ4n) is 1.99. The summed E-state index contributed by atoms with van der Waals surface area (Å²) in [4.78, 5) is 13.8. The third-order valence-corrected chi connectivity index (χ3v) is 3.92. The van der Waals surface area contributed by atoms with Gasteiger partial charge in [-0.05, 0) is 37.6 Å². The lowest BCUT2D eigenvalue weighted by Gasteiger charge is -2.17. The van der Waals surface area contributed by atoms with Gasteiger partial charge in [0.25, 0.3) is 5.91 Å². The zero-order valence-electron chi connectivity index (χ0n) is 12.0. The fourth-order valence-corrected chi connectivity index (χ4v) is 2.40. The minimum atomic E-state index is 0.0461. The van der Waals surface area contributed by atoms with Crippen LogP contribution in [0.4, 0.5) is 0 Å². The Kier molecular flexibility index (Phi) is 5.43. The minimum Gasteiger partial charge on any atom is -0.483 e. The number of benzene rings is 1. The van der Waals surface area contributed by atoms with Gasteiger partial charge < -0.3 is 15.0 Å². The number of amides is 1. The molecule has 0 bridgehead atoms. The predicted octanol–water partition coefficient (Wildman–Crippen LogP) is 2.56. The van der Waals surface area contributed by atoms with Gasteiger partial charge in [-0.15, -0.1) is 0 Å². The highest BCUT2D eigenvalue weighted by atomic mass is 79.9. The predicted molar refractivity (Wildman–Crippen MR) is 82.8 cm³/mol. The van der Waals surface area contributed by atoms with Gasteiger partial charge in [0.15, 0.2) is 6.61 Å². The molecule has 1 aromatic rings. The van der Waals surface area contributed by atoms with Gasteiger partial charge in [-0.1, -0.05) is 22.9 Å². The molecule has 0 saturated heterocycles. The number of carbonyl (C=O) groups excluding carboxylic acids is 1. The monoisotopic (exact) mass is 340 g/mol. The molecule has 0 radical (unpaired) electrons. The molecule has 110 valence electrons. The molecule has 4 nitrogen and oxygen atoms in total. The van der Waals surface area contributed by atoms with Crippen molar-refractivity contribution >= 4 is 21.8 Å². The lowest BCUT2D eigenvalue weighted by molar-refractivity contribution is -0.132. The second kappa shape index (κ2) is 7.09. The Labute approximate surface area is 128 Å². The number of hydrogen-bond donors (Lipinski definition) is 1. The third kappa shape index (κ3) is 4.21. The van der Waals surface area contributed by atoms with Crippen LogP contribution in [-0.4, -0.2) is 37.0 Å². The number of likely N-dealkylation sites (N-methyl/N-ethyl adjacent to an activating group) is 1. The van der Waals surface area contributed by atoms with Crippen molar-refractivity contribution in [3.05, 3.63) is 28.2 Å². The smallest absolute Gasteiger partial charge is 0.260 e.